The van der Waals surface area contributed by atoms with Gasteiger partial charge >= 0.3 is 0 Å². The minimum absolute atomic E-state index is 0.399. The van der Waals surface area contributed by atoms with Gasteiger partial charge in [-0.1, -0.05) is 65.4 Å². The van der Waals surface area contributed by atoms with Crippen LogP contribution < -0.4 is 0 Å². The Morgan fingerprint density at radius 3 is 2.61 bits per heavy atom. The lowest BCUT2D eigenvalue weighted by molar-refractivity contribution is 0.399. The molecular formula is C23H19N5O2S. The summed E-state index contributed by atoms with van der Waals surface area (Å²) in [7, 11) is 0. The van der Waals surface area contributed by atoms with Crippen molar-refractivity contribution in [2.45, 2.75) is 24.8 Å². The fourth-order valence-electron chi connectivity index (χ4n) is 3.37. The SMILES string of the molecule is Cc1ccccc1-n1ccnc1SCc1nnc(-c2c(-c3ccccc3)noc2C)o1. The first-order valence-electron chi connectivity index (χ1n) is 9.77. The fourth-order valence-corrected chi connectivity index (χ4v) is 4.17. The fraction of sp³-hybridized carbons (Fsp3) is 0.130. The summed E-state index contributed by atoms with van der Waals surface area (Å²) in [5, 5.41) is 13.5. The molecule has 3 aromatic heterocycles. The second-order valence-corrected chi connectivity index (χ2v) is 7.93. The Labute approximate surface area is 183 Å². The van der Waals surface area contributed by atoms with Gasteiger partial charge in [0.15, 0.2) is 5.16 Å². The Bertz CT molecular complexity index is 1320. The lowest BCUT2D eigenvalue weighted by Crippen LogP contribution is -1.97. The summed E-state index contributed by atoms with van der Waals surface area (Å²) in [6.45, 7) is 3.92. The van der Waals surface area contributed by atoms with Gasteiger partial charge in [0.25, 0.3) is 5.89 Å². The normalized spacial score (nSPS) is 11.2. The molecule has 0 unspecified atom stereocenters. The van der Waals surface area contributed by atoms with E-state index in [0.717, 1.165) is 22.0 Å². The third kappa shape index (κ3) is 3.77. The number of imidazole rings is 1. The van der Waals surface area contributed by atoms with Crippen LogP contribution in [0.3, 0.4) is 0 Å². The summed E-state index contributed by atoms with van der Waals surface area (Å²) >= 11 is 1.54. The maximum atomic E-state index is 5.96. The molecule has 0 amide bonds. The molecule has 31 heavy (non-hydrogen) atoms. The number of hydrogen-bond acceptors (Lipinski definition) is 7. The van der Waals surface area contributed by atoms with Crippen molar-refractivity contribution in [2.75, 3.05) is 0 Å². The van der Waals surface area contributed by atoms with Gasteiger partial charge in [-0.15, -0.1) is 10.2 Å². The predicted molar refractivity (Wildman–Crippen MR) is 118 cm³/mol. The second-order valence-electron chi connectivity index (χ2n) is 6.98. The quantitative estimate of drug-likeness (QED) is 0.330. The summed E-state index contributed by atoms with van der Waals surface area (Å²) in [6.07, 6.45) is 3.75. The minimum atomic E-state index is 0.399. The molecule has 0 saturated carbocycles. The molecule has 2 aromatic carbocycles. The van der Waals surface area contributed by atoms with E-state index in [1.807, 2.05) is 55.6 Å². The zero-order chi connectivity index (χ0) is 21.2. The largest absolute Gasteiger partial charge is 0.420 e. The number of aromatic nitrogens is 5. The van der Waals surface area contributed by atoms with Gasteiger partial charge in [-0.3, -0.25) is 4.57 Å². The summed E-state index contributed by atoms with van der Waals surface area (Å²) in [6, 6.07) is 18.0. The Hall–Kier alpha value is -3.65. The second kappa shape index (κ2) is 8.23. The van der Waals surface area contributed by atoms with Crippen LogP contribution in [0.4, 0.5) is 0 Å². The third-order valence-electron chi connectivity index (χ3n) is 4.90. The van der Waals surface area contributed by atoms with Gasteiger partial charge in [-0.25, -0.2) is 4.98 Å². The first-order chi connectivity index (χ1) is 15.2. The molecule has 0 bridgehead atoms. The highest BCUT2D eigenvalue weighted by atomic mass is 32.2. The Morgan fingerprint density at radius 2 is 1.77 bits per heavy atom. The Kier molecular flexibility index (Phi) is 5.13. The molecule has 3 heterocycles. The average molecular weight is 430 g/mol. The van der Waals surface area contributed by atoms with E-state index in [4.69, 9.17) is 8.94 Å². The smallest absolute Gasteiger partial charge is 0.253 e. The van der Waals surface area contributed by atoms with Crippen LogP contribution in [0.5, 0.6) is 0 Å². The van der Waals surface area contributed by atoms with Crippen LogP contribution in [-0.2, 0) is 5.75 Å². The number of rotatable bonds is 6. The number of nitrogens with zero attached hydrogens (tertiary/aromatic N) is 5. The zero-order valence-electron chi connectivity index (χ0n) is 17.0. The number of thioether (sulfide) groups is 1. The average Bonchev–Trinajstić information content (AvgIpc) is 3.53. The van der Waals surface area contributed by atoms with E-state index in [1.165, 1.54) is 5.56 Å². The van der Waals surface area contributed by atoms with Gasteiger partial charge in [-0.2, -0.15) is 0 Å². The van der Waals surface area contributed by atoms with Crippen molar-refractivity contribution in [3.8, 4) is 28.4 Å². The van der Waals surface area contributed by atoms with Crippen LogP contribution in [0.15, 0.2) is 81.1 Å². The van der Waals surface area contributed by atoms with Crippen molar-refractivity contribution >= 4 is 11.8 Å². The van der Waals surface area contributed by atoms with Gasteiger partial charge in [0.2, 0.25) is 5.89 Å². The van der Waals surface area contributed by atoms with Gasteiger partial charge in [-0.05, 0) is 25.5 Å². The van der Waals surface area contributed by atoms with Crippen LogP contribution in [-0.4, -0.2) is 24.9 Å². The van der Waals surface area contributed by atoms with Gasteiger partial charge in [0.05, 0.1) is 11.4 Å². The number of para-hydroxylation sites is 1. The summed E-state index contributed by atoms with van der Waals surface area (Å²) in [5.74, 6) is 2.05. The summed E-state index contributed by atoms with van der Waals surface area (Å²) < 4.78 is 13.4. The number of aryl methyl sites for hydroxylation is 2. The Morgan fingerprint density at radius 1 is 0.968 bits per heavy atom. The van der Waals surface area contributed by atoms with E-state index in [1.54, 1.807) is 18.0 Å². The topological polar surface area (TPSA) is 82.8 Å². The molecular weight excluding hydrogens is 410 g/mol. The molecule has 0 fully saturated rings. The van der Waals surface area contributed by atoms with E-state index < -0.39 is 0 Å². The molecule has 0 saturated heterocycles. The van der Waals surface area contributed by atoms with E-state index in [9.17, 15) is 0 Å². The zero-order valence-corrected chi connectivity index (χ0v) is 17.8. The molecule has 0 radical (unpaired) electrons. The molecule has 0 N–H and O–H groups in total. The molecule has 0 aliphatic rings. The third-order valence-corrected chi connectivity index (χ3v) is 5.85. The van der Waals surface area contributed by atoms with Crippen LogP contribution >= 0.6 is 11.8 Å². The van der Waals surface area contributed by atoms with Gasteiger partial charge in [0.1, 0.15) is 17.0 Å². The first kappa shape index (κ1) is 19.3. The van der Waals surface area contributed by atoms with Gasteiger partial charge in [0, 0.05) is 18.0 Å². The van der Waals surface area contributed by atoms with Crippen molar-refractivity contribution in [3.63, 3.8) is 0 Å². The Balaban J connectivity index is 1.38. The maximum Gasteiger partial charge on any atom is 0.253 e. The minimum Gasteiger partial charge on any atom is -0.420 e. The molecule has 154 valence electrons. The highest BCUT2D eigenvalue weighted by molar-refractivity contribution is 7.98. The molecule has 0 aliphatic carbocycles. The predicted octanol–water partition coefficient (Wildman–Crippen LogP) is 5.49. The highest BCUT2D eigenvalue weighted by Crippen LogP contribution is 2.34. The summed E-state index contributed by atoms with van der Waals surface area (Å²) in [4.78, 5) is 4.48. The number of benzene rings is 2. The molecule has 0 spiro atoms. The number of hydrogen-bond donors (Lipinski definition) is 0. The first-order valence-corrected chi connectivity index (χ1v) is 10.8. The van der Waals surface area contributed by atoms with Crippen LogP contribution in [0.1, 0.15) is 17.2 Å². The van der Waals surface area contributed by atoms with Crippen molar-refractivity contribution in [1.82, 2.24) is 24.9 Å². The van der Waals surface area contributed by atoms with Crippen LogP contribution in [0.25, 0.3) is 28.4 Å². The molecule has 0 aliphatic heterocycles. The van der Waals surface area contributed by atoms with E-state index in [2.05, 4.69) is 44.0 Å². The molecule has 5 aromatic rings. The van der Waals surface area contributed by atoms with Crippen molar-refractivity contribution < 1.29 is 8.94 Å². The molecule has 8 heteroatoms. The van der Waals surface area contributed by atoms with E-state index in [-0.39, 0.29) is 0 Å². The lowest BCUT2D eigenvalue weighted by atomic mass is 10.1. The van der Waals surface area contributed by atoms with Crippen molar-refractivity contribution in [3.05, 3.63) is 84.2 Å². The van der Waals surface area contributed by atoms with E-state index in [0.29, 0.717) is 29.0 Å². The van der Waals surface area contributed by atoms with Crippen molar-refractivity contribution in [2.24, 2.45) is 0 Å². The maximum absolute atomic E-state index is 5.96. The lowest BCUT2D eigenvalue weighted by Gasteiger charge is -2.09. The standard InChI is InChI=1S/C23H19N5O2S/c1-15-8-6-7-11-18(15)28-13-12-24-23(28)31-14-19-25-26-22(29-19)20-16(2)30-27-21(20)17-9-4-3-5-10-17/h3-13H,14H2,1-2H3. The monoisotopic (exact) mass is 429 g/mol. The molecule has 5 rings (SSSR count). The highest BCUT2D eigenvalue weighted by Gasteiger charge is 2.22. The van der Waals surface area contributed by atoms with E-state index >= 15 is 0 Å². The van der Waals surface area contributed by atoms with Crippen molar-refractivity contribution in [1.29, 1.82) is 0 Å². The van der Waals surface area contributed by atoms with Crippen LogP contribution in [0.2, 0.25) is 0 Å². The van der Waals surface area contributed by atoms with Gasteiger partial charge < -0.3 is 8.94 Å². The van der Waals surface area contributed by atoms with Crippen LogP contribution in [0, 0.1) is 13.8 Å². The molecule has 0 atom stereocenters. The molecule has 7 nitrogen and oxygen atoms in total. The summed E-state index contributed by atoms with van der Waals surface area (Å²) in [5.41, 5.74) is 4.62.